The lowest BCUT2D eigenvalue weighted by atomic mass is 9.96. The Bertz CT molecular complexity index is 526. The third kappa shape index (κ3) is 1.85. The van der Waals surface area contributed by atoms with Crippen LogP contribution in [0.5, 0.6) is 0 Å². The summed E-state index contributed by atoms with van der Waals surface area (Å²) in [6.07, 6.45) is 1.48. The lowest BCUT2D eigenvalue weighted by Gasteiger charge is -2.08. The molecule has 2 rings (SSSR count). The summed E-state index contributed by atoms with van der Waals surface area (Å²) < 4.78 is 0. The van der Waals surface area contributed by atoms with Crippen LogP contribution in [0.4, 0.5) is 0 Å². The summed E-state index contributed by atoms with van der Waals surface area (Å²) in [6.45, 7) is 4.01. The van der Waals surface area contributed by atoms with E-state index in [0.29, 0.717) is 6.42 Å². The molecule has 0 radical (unpaired) electrons. The number of aryl methyl sites for hydroxylation is 1. The van der Waals surface area contributed by atoms with E-state index in [1.165, 1.54) is 5.39 Å². The van der Waals surface area contributed by atoms with Crippen LogP contribution < -0.4 is 0 Å². The van der Waals surface area contributed by atoms with Crippen molar-refractivity contribution in [1.82, 2.24) is 0 Å². The summed E-state index contributed by atoms with van der Waals surface area (Å²) >= 11 is 0. The third-order valence-electron chi connectivity index (χ3n) is 2.97. The highest BCUT2D eigenvalue weighted by Gasteiger charge is 2.09. The molecule has 0 heterocycles. The van der Waals surface area contributed by atoms with Crippen LogP contribution in [0.2, 0.25) is 0 Å². The Labute approximate surface area is 96.1 Å². The van der Waals surface area contributed by atoms with Gasteiger partial charge >= 0.3 is 0 Å². The summed E-state index contributed by atoms with van der Waals surface area (Å²) in [7, 11) is 0. The fraction of sp³-hybridized carbons (Fsp3) is 0.267. The number of rotatable bonds is 3. The highest BCUT2D eigenvalue weighted by molar-refractivity contribution is 6.01. The van der Waals surface area contributed by atoms with E-state index in [9.17, 15) is 4.79 Å². The topological polar surface area (TPSA) is 17.1 Å². The minimum absolute atomic E-state index is 0.239. The molecule has 2 aromatic rings. The lowest BCUT2D eigenvalue weighted by Crippen LogP contribution is -2.01. The molecule has 1 nitrogen and oxygen atoms in total. The van der Waals surface area contributed by atoms with Gasteiger partial charge in [-0.25, -0.2) is 0 Å². The van der Waals surface area contributed by atoms with E-state index in [2.05, 4.69) is 25.1 Å². The van der Waals surface area contributed by atoms with Gasteiger partial charge in [-0.15, -0.1) is 0 Å². The van der Waals surface area contributed by atoms with Crippen LogP contribution in [0, 0.1) is 0 Å². The smallest absolute Gasteiger partial charge is 0.162 e. The summed E-state index contributed by atoms with van der Waals surface area (Å²) in [5, 5.41) is 2.36. The number of ketones is 1. The number of carbonyl (C=O) groups is 1. The Hall–Kier alpha value is -1.63. The van der Waals surface area contributed by atoms with Crippen molar-refractivity contribution >= 4 is 16.6 Å². The van der Waals surface area contributed by atoms with E-state index < -0.39 is 0 Å². The Morgan fingerprint density at radius 1 is 1.06 bits per heavy atom. The van der Waals surface area contributed by atoms with Crippen LogP contribution in [0.15, 0.2) is 36.4 Å². The zero-order valence-electron chi connectivity index (χ0n) is 9.79. The quantitative estimate of drug-likeness (QED) is 0.703. The van der Waals surface area contributed by atoms with Crippen LogP contribution in [0.25, 0.3) is 10.8 Å². The van der Waals surface area contributed by atoms with Gasteiger partial charge in [0.2, 0.25) is 0 Å². The second kappa shape index (κ2) is 4.48. The highest BCUT2D eigenvalue weighted by Crippen LogP contribution is 2.21. The first-order valence-electron chi connectivity index (χ1n) is 5.81. The van der Waals surface area contributed by atoms with Crippen LogP contribution >= 0.6 is 0 Å². The Morgan fingerprint density at radius 3 is 2.25 bits per heavy atom. The first kappa shape index (κ1) is 10.9. The van der Waals surface area contributed by atoms with Crippen LogP contribution in [0.3, 0.4) is 0 Å². The fourth-order valence-electron chi connectivity index (χ4n) is 2.03. The predicted octanol–water partition coefficient (Wildman–Crippen LogP) is 3.99. The van der Waals surface area contributed by atoms with Crippen molar-refractivity contribution in [2.24, 2.45) is 0 Å². The summed E-state index contributed by atoms with van der Waals surface area (Å²) in [5.41, 5.74) is 2.05. The molecule has 0 amide bonds. The SMILES string of the molecule is CCC(=O)c1cc2ccccc2cc1CC. The number of hydrogen-bond acceptors (Lipinski definition) is 1. The number of Topliss-reactive ketones (excluding diaryl/α,β-unsaturated/α-hetero) is 1. The summed E-state index contributed by atoms with van der Waals surface area (Å²) in [6, 6.07) is 12.4. The molecule has 0 bridgehead atoms. The maximum Gasteiger partial charge on any atom is 0.162 e. The summed E-state index contributed by atoms with van der Waals surface area (Å²) in [4.78, 5) is 11.8. The third-order valence-corrected chi connectivity index (χ3v) is 2.97. The van der Waals surface area contributed by atoms with Crippen molar-refractivity contribution in [2.45, 2.75) is 26.7 Å². The largest absolute Gasteiger partial charge is 0.294 e. The molecular weight excluding hydrogens is 196 g/mol. The van der Waals surface area contributed by atoms with Gasteiger partial charge in [-0.05, 0) is 28.8 Å². The summed E-state index contributed by atoms with van der Waals surface area (Å²) in [5.74, 6) is 0.239. The molecule has 0 aromatic heterocycles. The van der Waals surface area contributed by atoms with Crippen LogP contribution in [0.1, 0.15) is 36.2 Å². The molecule has 0 unspecified atom stereocenters. The molecule has 1 heteroatoms. The molecule has 0 N–H and O–H groups in total. The first-order chi connectivity index (χ1) is 7.76. The molecule has 0 spiro atoms. The number of hydrogen-bond donors (Lipinski definition) is 0. The normalized spacial score (nSPS) is 10.6. The predicted molar refractivity (Wildman–Crippen MR) is 67.9 cm³/mol. The van der Waals surface area contributed by atoms with E-state index in [0.717, 1.165) is 22.9 Å². The average Bonchev–Trinajstić information content (AvgIpc) is 2.36. The molecule has 0 saturated carbocycles. The standard InChI is InChI=1S/C15H16O/c1-3-11-9-12-7-5-6-8-13(12)10-14(11)15(16)4-2/h5-10H,3-4H2,1-2H3. The van der Waals surface area contributed by atoms with Gasteiger partial charge in [-0.2, -0.15) is 0 Å². The second-order valence-corrected chi connectivity index (χ2v) is 3.99. The van der Waals surface area contributed by atoms with E-state index >= 15 is 0 Å². The van der Waals surface area contributed by atoms with Crippen molar-refractivity contribution < 1.29 is 4.79 Å². The second-order valence-electron chi connectivity index (χ2n) is 3.99. The van der Waals surface area contributed by atoms with Crippen LogP contribution in [-0.2, 0) is 6.42 Å². The van der Waals surface area contributed by atoms with Gasteiger partial charge in [0, 0.05) is 12.0 Å². The van der Waals surface area contributed by atoms with E-state index in [4.69, 9.17) is 0 Å². The Kier molecular flexibility index (Phi) is 3.04. The number of fused-ring (bicyclic) bond motifs is 1. The molecule has 2 aromatic carbocycles. The molecule has 0 aliphatic rings. The van der Waals surface area contributed by atoms with Gasteiger partial charge in [-0.1, -0.05) is 44.2 Å². The maximum absolute atomic E-state index is 11.8. The molecule has 0 fully saturated rings. The van der Waals surface area contributed by atoms with Gasteiger partial charge in [-0.3, -0.25) is 4.79 Å². The van der Waals surface area contributed by atoms with Crippen molar-refractivity contribution in [3.05, 3.63) is 47.5 Å². The molecule has 16 heavy (non-hydrogen) atoms. The van der Waals surface area contributed by atoms with E-state index in [1.54, 1.807) is 0 Å². The zero-order valence-corrected chi connectivity index (χ0v) is 9.79. The number of carbonyl (C=O) groups excluding carboxylic acids is 1. The maximum atomic E-state index is 11.8. The Morgan fingerprint density at radius 2 is 1.69 bits per heavy atom. The van der Waals surface area contributed by atoms with Crippen molar-refractivity contribution in [3.63, 3.8) is 0 Å². The van der Waals surface area contributed by atoms with Crippen molar-refractivity contribution in [2.75, 3.05) is 0 Å². The number of benzene rings is 2. The molecule has 82 valence electrons. The van der Waals surface area contributed by atoms with Gasteiger partial charge in [0.15, 0.2) is 5.78 Å². The van der Waals surface area contributed by atoms with Gasteiger partial charge in [0.05, 0.1) is 0 Å². The minimum Gasteiger partial charge on any atom is -0.294 e. The average molecular weight is 212 g/mol. The molecular formula is C15H16O. The van der Waals surface area contributed by atoms with Crippen molar-refractivity contribution in [3.8, 4) is 0 Å². The monoisotopic (exact) mass is 212 g/mol. The molecule has 0 atom stereocenters. The lowest BCUT2D eigenvalue weighted by molar-refractivity contribution is 0.0987. The molecule has 0 saturated heterocycles. The molecule has 0 aliphatic heterocycles. The van der Waals surface area contributed by atoms with Crippen LogP contribution in [-0.4, -0.2) is 5.78 Å². The fourth-order valence-corrected chi connectivity index (χ4v) is 2.03. The van der Waals surface area contributed by atoms with Gasteiger partial charge in [0.1, 0.15) is 0 Å². The highest BCUT2D eigenvalue weighted by atomic mass is 16.1. The minimum atomic E-state index is 0.239. The zero-order chi connectivity index (χ0) is 11.5. The van der Waals surface area contributed by atoms with Crippen molar-refractivity contribution in [1.29, 1.82) is 0 Å². The van der Waals surface area contributed by atoms with Gasteiger partial charge < -0.3 is 0 Å². The van der Waals surface area contributed by atoms with E-state index in [1.807, 2.05) is 25.1 Å². The van der Waals surface area contributed by atoms with E-state index in [-0.39, 0.29) is 5.78 Å². The Balaban J connectivity index is 2.67. The molecule has 0 aliphatic carbocycles. The van der Waals surface area contributed by atoms with Gasteiger partial charge in [0.25, 0.3) is 0 Å². The first-order valence-corrected chi connectivity index (χ1v) is 5.81.